The maximum atomic E-state index is 13.2. The number of amides is 1. The molecule has 0 aliphatic heterocycles. The van der Waals surface area contributed by atoms with E-state index in [0.29, 0.717) is 22.4 Å². The maximum absolute atomic E-state index is 13.2. The Kier molecular flexibility index (Phi) is 7.17. The van der Waals surface area contributed by atoms with Gasteiger partial charge in [0.05, 0.1) is 28.0 Å². The van der Waals surface area contributed by atoms with E-state index in [-0.39, 0.29) is 12.0 Å². The van der Waals surface area contributed by atoms with Crippen LogP contribution in [0, 0.1) is 5.82 Å². The summed E-state index contributed by atoms with van der Waals surface area (Å²) in [7, 11) is 0. The highest BCUT2D eigenvalue weighted by Gasteiger charge is 2.23. The van der Waals surface area contributed by atoms with E-state index in [0.717, 1.165) is 16.8 Å². The number of hydrogen-bond donors (Lipinski definition) is 1. The fourth-order valence-corrected chi connectivity index (χ4v) is 4.05. The van der Waals surface area contributed by atoms with Crippen LogP contribution in [0.4, 0.5) is 10.1 Å². The first-order valence-corrected chi connectivity index (χ1v) is 12.2. The SMILES string of the molecule is CCC(OC(=O)c1ccc2nc(-c3ccccc3)c(-c3ccccc3)nc2c1)C(=O)Nc1ccc(F)cc1. The van der Waals surface area contributed by atoms with E-state index < -0.39 is 23.8 Å². The van der Waals surface area contributed by atoms with E-state index in [9.17, 15) is 14.0 Å². The molecule has 1 atom stereocenters. The average molecular weight is 506 g/mol. The summed E-state index contributed by atoms with van der Waals surface area (Å²) in [6.07, 6.45) is -0.750. The number of halogens is 1. The molecule has 0 fully saturated rings. The Morgan fingerprint density at radius 3 is 1.95 bits per heavy atom. The molecule has 38 heavy (non-hydrogen) atoms. The van der Waals surface area contributed by atoms with Crippen molar-refractivity contribution in [2.24, 2.45) is 0 Å². The van der Waals surface area contributed by atoms with Gasteiger partial charge in [-0.25, -0.2) is 19.2 Å². The summed E-state index contributed by atoms with van der Waals surface area (Å²) >= 11 is 0. The molecule has 1 heterocycles. The smallest absolute Gasteiger partial charge is 0.338 e. The second-order valence-corrected chi connectivity index (χ2v) is 8.65. The lowest BCUT2D eigenvalue weighted by Crippen LogP contribution is -2.32. The lowest BCUT2D eigenvalue weighted by Gasteiger charge is -2.16. The van der Waals surface area contributed by atoms with Gasteiger partial charge in [-0.1, -0.05) is 67.6 Å². The van der Waals surface area contributed by atoms with E-state index in [2.05, 4.69) is 5.32 Å². The van der Waals surface area contributed by atoms with Gasteiger partial charge in [0.25, 0.3) is 5.91 Å². The van der Waals surface area contributed by atoms with Crippen molar-refractivity contribution in [3.05, 3.63) is 115 Å². The number of rotatable bonds is 7. The van der Waals surface area contributed by atoms with Crippen LogP contribution in [0.1, 0.15) is 23.7 Å². The molecular weight excluding hydrogens is 481 g/mol. The molecule has 1 amide bonds. The Morgan fingerprint density at radius 2 is 1.37 bits per heavy atom. The molecule has 1 aromatic heterocycles. The Hall–Kier alpha value is -4.91. The summed E-state index contributed by atoms with van der Waals surface area (Å²) in [5.74, 6) is -1.55. The van der Waals surface area contributed by atoms with Crippen molar-refractivity contribution >= 4 is 28.6 Å². The van der Waals surface area contributed by atoms with Gasteiger partial charge < -0.3 is 10.1 Å². The first kappa shape index (κ1) is 24.8. The van der Waals surface area contributed by atoms with E-state index >= 15 is 0 Å². The van der Waals surface area contributed by atoms with Crippen LogP contribution in [0.15, 0.2) is 103 Å². The van der Waals surface area contributed by atoms with Gasteiger partial charge in [-0.15, -0.1) is 0 Å². The molecule has 7 heteroatoms. The number of esters is 1. The molecule has 0 radical (unpaired) electrons. The number of hydrogen-bond acceptors (Lipinski definition) is 5. The molecule has 0 spiro atoms. The van der Waals surface area contributed by atoms with Crippen molar-refractivity contribution in [2.45, 2.75) is 19.4 Å². The molecular formula is C31H24FN3O3. The summed E-state index contributed by atoms with van der Waals surface area (Å²) < 4.78 is 18.7. The minimum absolute atomic E-state index is 0.256. The first-order valence-electron chi connectivity index (χ1n) is 12.2. The molecule has 4 aromatic carbocycles. The number of carbonyl (C=O) groups is 2. The van der Waals surface area contributed by atoms with Crippen molar-refractivity contribution in [3.63, 3.8) is 0 Å². The largest absolute Gasteiger partial charge is 0.449 e. The zero-order chi connectivity index (χ0) is 26.5. The summed E-state index contributed by atoms with van der Waals surface area (Å²) in [5, 5.41) is 2.65. The predicted molar refractivity (Wildman–Crippen MR) is 145 cm³/mol. The van der Waals surface area contributed by atoms with Crippen molar-refractivity contribution in [2.75, 3.05) is 5.32 Å². The third kappa shape index (κ3) is 5.42. The Morgan fingerprint density at radius 1 is 0.789 bits per heavy atom. The summed E-state index contributed by atoms with van der Waals surface area (Å²) in [4.78, 5) is 35.4. The van der Waals surface area contributed by atoms with Gasteiger partial charge in [0.2, 0.25) is 0 Å². The van der Waals surface area contributed by atoms with E-state index in [1.165, 1.54) is 24.3 Å². The van der Waals surface area contributed by atoms with Crippen molar-refractivity contribution in [3.8, 4) is 22.5 Å². The first-order chi connectivity index (χ1) is 18.5. The Bertz CT molecular complexity index is 1590. The van der Waals surface area contributed by atoms with Crippen LogP contribution in [0.5, 0.6) is 0 Å². The fourth-order valence-electron chi connectivity index (χ4n) is 4.05. The highest BCUT2D eigenvalue weighted by molar-refractivity contribution is 5.99. The second-order valence-electron chi connectivity index (χ2n) is 8.65. The average Bonchev–Trinajstić information content (AvgIpc) is 2.96. The van der Waals surface area contributed by atoms with Crippen molar-refractivity contribution in [1.29, 1.82) is 0 Å². The van der Waals surface area contributed by atoms with Crippen LogP contribution in [-0.4, -0.2) is 27.9 Å². The van der Waals surface area contributed by atoms with Crippen LogP contribution in [0.2, 0.25) is 0 Å². The van der Waals surface area contributed by atoms with Crippen LogP contribution >= 0.6 is 0 Å². The van der Waals surface area contributed by atoms with Gasteiger partial charge in [0, 0.05) is 16.8 Å². The number of fused-ring (bicyclic) bond motifs is 1. The minimum atomic E-state index is -1.02. The highest BCUT2D eigenvalue weighted by Crippen LogP contribution is 2.31. The van der Waals surface area contributed by atoms with Crippen LogP contribution < -0.4 is 5.32 Å². The summed E-state index contributed by atoms with van der Waals surface area (Å²) in [6, 6.07) is 29.9. The molecule has 0 bridgehead atoms. The van der Waals surface area contributed by atoms with E-state index in [4.69, 9.17) is 14.7 Å². The molecule has 6 nitrogen and oxygen atoms in total. The second kappa shape index (κ2) is 11.0. The summed E-state index contributed by atoms with van der Waals surface area (Å²) in [6.45, 7) is 1.74. The molecule has 0 saturated heterocycles. The van der Waals surface area contributed by atoms with Crippen molar-refractivity contribution < 1.29 is 18.7 Å². The van der Waals surface area contributed by atoms with Crippen LogP contribution in [0.25, 0.3) is 33.5 Å². The fraction of sp³-hybridized carbons (Fsp3) is 0.0968. The van der Waals surface area contributed by atoms with Gasteiger partial charge in [-0.05, 0) is 48.9 Å². The molecule has 188 valence electrons. The number of ether oxygens (including phenoxy) is 1. The minimum Gasteiger partial charge on any atom is -0.449 e. The molecule has 0 aliphatic rings. The van der Waals surface area contributed by atoms with Crippen molar-refractivity contribution in [1.82, 2.24) is 9.97 Å². The molecule has 5 aromatic rings. The van der Waals surface area contributed by atoms with Gasteiger partial charge >= 0.3 is 5.97 Å². The number of nitrogens with zero attached hydrogens (tertiary/aromatic N) is 2. The maximum Gasteiger partial charge on any atom is 0.338 e. The number of aromatic nitrogens is 2. The zero-order valence-electron chi connectivity index (χ0n) is 20.6. The van der Waals surface area contributed by atoms with Crippen LogP contribution in [0.3, 0.4) is 0 Å². The number of benzene rings is 4. The standard InChI is InChI=1S/C31H24FN3O3/c1-2-27(30(36)33-24-16-14-23(32)15-17-24)38-31(37)22-13-18-25-26(19-22)35-29(21-11-7-4-8-12-21)28(34-25)20-9-5-3-6-10-20/h3-19,27H,2H2,1H3,(H,33,36). The summed E-state index contributed by atoms with van der Waals surface area (Å²) in [5.41, 5.74) is 5.09. The van der Waals surface area contributed by atoms with E-state index in [1.807, 2.05) is 60.7 Å². The van der Waals surface area contributed by atoms with Crippen LogP contribution in [-0.2, 0) is 9.53 Å². The molecule has 1 N–H and O–H groups in total. The number of nitrogens with one attached hydrogen (secondary N) is 1. The van der Waals surface area contributed by atoms with Gasteiger partial charge in [-0.3, -0.25) is 4.79 Å². The number of anilines is 1. The monoisotopic (exact) mass is 505 g/mol. The van der Waals surface area contributed by atoms with E-state index in [1.54, 1.807) is 25.1 Å². The van der Waals surface area contributed by atoms with Gasteiger partial charge in [0.1, 0.15) is 5.82 Å². The lowest BCUT2D eigenvalue weighted by molar-refractivity contribution is -0.124. The highest BCUT2D eigenvalue weighted by atomic mass is 19.1. The topological polar surface area (TPSA) is 81.2 Å². The van der Waals surface area contributed by atoms with Gasteiger partial charge in [0.15, 0.2) is 6.10 Å². The Labute approximate surface area is 219 Å². The lowest BCUT2D eigenvalue weighted by atomic mass is 10.0. The molecule has 5 rings (SSSR count). The quantitative estimate of drug-likeness (QED) is 0.250. The third-order valence-electron chi connectivity index (χ3n) is 6.02. The number of carbonyl (C=O) groups excluding carboxylic acids is 2. The predicted octanol–water partition coefficient (Wildman–Crippen LogP) is 6.68. The third-order valence-corrected chi connectivity index (χ3v) is 6.02. The van der Waals surface area contributed by atoms with Gasteiger partial charge in [-0.2, -0.15) is 0 Å². The molecule has 0 aliphatic carbocycles. The molecule has 0 saturated carbocycles. The normalized spacial score (nSPS) is 11.6. The Balaban J connectivity index is 1.44. The zero-order valence-corrected chi connectivity index (χ0v) is 20.6. The molecule has 1 unspecified atom stereocenters.